The number of aryl methyl sites for hydroxylation is 1. The molecule has 0 atom stereocenters. The van der Waals surface area contributed by atoms with Gasteiger partial charge in [0.1, 0.15) is 5.82 Å². The molecule has 4 N–H and O–H groups in total. The number of nitrogens with zero attached hydrogens (tertiary/aromatic N) is 2. The number of nitrogens with two attached hydrogens (primary N) is 1. The first-order valence-corrected chi connectivity index (χ1v) is 5.65. The van der Waals surface area contributed by atoms with Crippen molar-refractivity contribution in [2.75, 3.05) is 10.7 Å². The molecule has 0 saturated carbocycles. The Morgan fingerprint density at radius 2 is 1.75 bits per heavy atom. The highest BCUT2D eigenvalue weighted by Crippen LogP contribution is 2.30. The fourth-order valence-corrected chi connectivity index (χ4v) is 1.59. The summed E-state index contributed by atoms with van der Waals surface area (Å²) in [7, 11) is 0. The molecule has 1 heterocycles. The number of anilines is 3. The molecule has 0 bridgehead atoms. The van der Waals surface area contributed by atoms with Crippen LogP contribution in [0.5, 0.6) is 0 Å². The van der Waals surface area contributed by atoms with Gasteiger partial charge >= 0.3 is 6.18 Å². The summed E-state index contributed by atoms with van der Waals surface area (Å²) in [6, 6.07) is 6.31. The first-order chi connectivity index (χ1) is 9.38. The van der Waals surface area contributed by atoms with Crippen LogP contribution < -0.4 is 16.6 Å². The third-order valence-electron chi connectivity index (χ3n) is 2.47. The fraction of sp³-hybridized carbons (Fsp3) is 0.167. The Morgan fingerprint density at radius 1 is 1.10 bits per heavy atom. The summed E-state index contributed by atoms with van der Waals surface area (Å²) in [6.07, 6.45) is -4.35. The smallest absolute Gasteiger partial charge is 0.340 e. The molecule has 0 aliphatic carbocycles. The van der Waals surface area contributed by atoms with Crippen molar-refractivity contribution in [3.05, 3.63) is 41.6 Å². The van der Waals surface area contributed by atoms with Crippen molar-refractivity contribution in [1.82, 2.24) is 9.97 Å². The van der Waals surface area contributed by atoms with E-state index in [1.54, 1.807) is 13.0 Å². The summed E-state index contributed by atoms with van der Waals surface area (Å²) in [6.45, 7) is 1.75. The van der Waals surface area contributed by atoms with Gasteiger partial charge in [0.15, 0.2) is 0 Å². The van der Waals surface area contributed by atoms with Gasteiger partial charge in [0, 0.05) is 17.4 Å². The number of hydrogen-bond acceptors (Lipinski definition) is 5. The van der Waals surface area contributed by atoms with E-state index in [1.165, 1.54) is 12.1 Å². The van der Waals surface area contributed by atoms with Crippen molar-refractivity contribution < 1.29 is 13.2 Å². The lowest BCUT2D eigenvalue weighted by molar-refractivity contribution is -0.137. The highest BCUT2D eigenvalue weighted by Gasteiger charge is 2.29. The van der Waals surface area contributed by atoms with Crippen molar-refractivity contribution >= 4 is 17.5 Å². The van der Waals surface area contributed by atoms with E-state index in [1.807, 2.05) is 0 Å². The summed E-state index contributed by atoms with van der Waals surface area (Å²) >= 11 is 0. The minimum absolute atomic E-state index is 0.222. The van der Waals surface area contributed by atoms with Crippen molar-refractivity contribution in [2.24, 2.45) is 5.84 Å². The summed E-state index contributed by atoms with van der Waals surface area (Å²) in [5.41, 5.74) is 2.76. The Kier molecular flexibility index (Phi) is 3.75. The zero-order chi connectivity index (χ0) is 14.8. The molecule has 0 unspecified atom stereocenters. The Bertz CT molecular complexity index is 595. The molecular weight excluding hydrogens is 271 g/mol. The number of nitrogens with one attached hydrogen (secondary N) is 2. The van der Waals surface area contributed by atoms with Gasteiger partial charge in [0.05, 0.1) is 5.56 Å². The molecule has 2 rings (SSSR count). The Hall–Kier alpha value is -2.35. The van der Waals surface area contributed by atoms with E-state index in [9.17, 15) is 13.2 Å². The molecule has 1 aromatic heterocycles. The maximum Gasteiger partial charge on any atom is 0.416 e. The van der Waals surface area contributed by atoms with Gasteiger partial charge in [-0.05, 0) is 31.2 Å². The second kappa shape index (κ2) is 5.33. The number of hydrogen-bond donors (Lipinski definition) is 3. The lowest BCUT2D eigenvalue weighted by Gasteiger charge is -2.10. The summed E-state index contributed by atoms with van der Waals surface area (Å²) in [4.78, 5) is 8.04. The molecule has 0 aliphatic heterocycles. The molecule has 0 aliphatic rings. The largest absolute Gasteiger partial charge is 0.416 e. The minimum Gasteiger partial charge on any atom is -0.340 e. The molecular formula is C12H12F3N5. The van der Waals surface area contributed by atoms with Gasteiger partial charge in [-0.25, -0.2) is 10.8 Å². The molecule has 5 nitrogen and oxygen atoms in total. The topological polar surface area (TPSA) is 75.9 Å². The predicted molar refractivity (Wildman–Crippen MR) is 69.3 cm³/mol. The predicted octanol–water partition coefficient (Wildman–Crippen LogP) is 2.83. The summed E-state index contributed by atoms with van der Waals surface area (Å²) in [5, 5.41) is 2.88. The second-order valence-electron chi connectivity index (χ2n) is 4.06. The molecule has 0 fully saturated rings. The normalized spacial score (nSPS) is 11.2. The zero-order valence-corrected chi connectivity index (χ0v) is 10.5. The molecule has 0 spiro atoms. The number of alkyl halides is 3. The van der Waals surface area contributed by atoms with Crippen LogP contribution in [0.25, 0.3) is 0 Å². The van der Waals surface area contributed by atoms with Crippen LogP contribution in [0.4, 0.5) is 30.6 Å². The second-order valence-corrected chi connectivity index (χ2v) is 4.06. The molecule has 0 amide bonds. The highest BCUT2D eigenvalue weighted by molar-refractivity contribution is 5.58. The molecule has 0 radical (unpaired) electrons. The SMILES string of the molecule is Cc1cc(Nc2ccc(C(F)(F)F)cc2)nc(NN)n1. The number of halogens is 3. The first kappa shape index (κ1) is 14.1. The molecule has 8 heteroatoms. The Labute approximate surface area is 113 Å². The van der Waals surface area contributed by atoms with Gasteiger partial charge in [-0.1, -0.05) is 0 Å². The van der Waals surface area contributed by atoms with Gasteiger partial charge in [-0.2, -0.15) is 18.2 Å². The molecule has 106 valence electrons. The number of nitrogen functional groups attached to an aromatic ring is 1. The van der Waals surface area contributed by atoms with Crippen LogP contribution in [-0.4, -0.2) is 9.97 Å². The van der Waals surface area contributed by atoms with E-state index in [0.29, 0.717) is 17.2 Å². The van der Waals surface area contributed by atoms with Crippen molar-refractivity contribution in [3.8, 4) is 0 Å². The minimum atomic E-state index is -4.35. The molecule has 1 aromatic carbocycles. The van der Waals surface area contributed by atoms with Crippen molar-refractivity contribution in [1.29, 1.82) is 0 Å². The van der Waals surface area contributed by atoms with Crippen molar-refractivity contribution in [2.45, 2.75) is 13.1 Å². The van der Waals surface area contributed by atoms with E-state index in [2.05, 4.69) is 20.7 Å². The van der Waals surface area contributed by atoms with Crippen LogP contribution in [0.2, 0.25) is 0 Å². The van der Waals surface area contributed by atoms with E-state index < -0.39 is 11.7 Å². The van der Waals surface area contributed by atoms with E-state index in [-0.39, 0.29) is 5.95 Å². The van der Waals surface area contributed by atoms with Crippen LogP contribution >= 0.6 is 0 Å². The highest BCUT2D eigenvalue weighted by atomic mass is 19.4. The Balaban J connectivity index is 2.20. The standard InChI is InChI=1S/C12H12F3N5/c1-7-6-10(19-11(17-7)20-16)18-9-4-2-8(3-5-9)12(13,14)15/h2-6H,16H2,1H3,(H2,17,18,19,20). The molecule has 0 saturated heterocycles. The Morgan fingerprint density at radius 3 is 2.30 bits per heavy atom. The third-order valence-corrected chi connectivity index (χ3v) is 2.47. The summed E-state index contributed by atoms with van der Waals surface area (Å²) in [5.74, 6) is 5.88. The van der Waals surface area contributed by atoms with Crippen LogP contribution in [0.15, 0.2) is 30.3 Å². The zero-order valence-electron chi connectivity index (χ0n) is 10.5. The number of benzene rings is 1. The van der Waals surface area contributed by atoms with E-state index in [0.717, 1.165) is 12.1 Å². The number of hydrazine groups is 1. The quantitative estimate of drug-likeness (QED) is 0.596. The maximum atomic E-state index is 12.4. The maximum absolute atomic E-state index is 12.4. The summed E-state index contributed by atoms with van der Waals surface area (Å²) < 4.78 is 37.3. The van der Waals surface area contributed by atoms with Crippen LogP contribution in [0.1, 0.15) is 11.3 Å². The first-order valence-electron chi connectivity index (χ1n) is 5.65. The lowest BCUT2D eigenvalue weighted by Crippen LogP contribution is -2.12. The number of rotatable bonds is 3. The van der Waals surface area contributed by atoms with Gasteiger partial charge in [-0.3, -0.25) is 5.43 Å². The van der Waals surface area contributed by atoms with Crippen LogP contribution in [-0.2, 0) is 6.18 Å². The van der Waals surface area contributed by atoms with Gasteiger partial charge < -0.3 is 5.32 Å². The van der Waals surface area contributed by atoms with Gasteiger partial charge in [-0.15, -0.1) is 0 Å². The van der Waals surface area contributed by atoms with E-state index >= 15 is 0 Å². The van der Waals surface area contributed by atoms with E-state index in [4.69, 9.17) is 5.84 Å². The fourth-order valence-electron chi connectivity index (χ4n) is 1.59. The molecule has 2 aromatic rings. The number of aromatic nitrogens is 2. The lowest BCUT2D eigenvalue weighted by atomic mass is 10.2. The molecule has 20 heavy (non-hydrogen) atoms. The van der Waals surface area contributed by atoms with Gasteiger partial charge in [0.2, 0.25) is 5.95 Å². The van der Waals surface area contributed by atoms with Crippen molar-refractivity contribution in [3.63, 3.8) is 0 Å². The van der Waals surface area contributed by atoms with Crippen LogP contribution in [0.3, 0.4) is 0 Å². The average molecular weight is 283 g/mol. The van der Waals surface area contributed by atoms with Gasteiger partial charge in [0.25, 0.3) is 0 Å². The van der Waals surface area contributed by atoms with Crippen LogP contribution in [0, 0.1) is 6.92 Å². The third kappa shape index (κ3) is 3.35. The monoisotopic (exact) mass is 283 g/mol. The average Bonchev–Trinajstić information content (AvgIpc) is 2.37.